The normalized spacial score (nSPS) is 16.9. The van der Waals surface area contributed by atoms with Crippen LogP contribution in [0.5, 0.6) is 0 Å². The Morgan fingerprint density at radius 3 is 2.45 bits per heavy atom. The number of benzene rings is 1. The molecule has 4 N–H and O–H groups in total. The van der Waals surface area contributed by atoms with Gasteiger partial charge in [0.25, 0.3) is 0 Å². The van der Waals surface area contributed by atoms with Crippen molar-refractivity contribution < 1.29 is 41.7 Å². The zero-order valence-electron chi connectivity index (χ0n) is 16.2. The number of dihydropyridines is 1. The summed E-state index contributed by atoms with van der Waals surface area (Å²) in [6, 6.07) is 3.12. The molecule has 0 aliphatic carbocycles. The van der Waals surface area contributed by atoms with Crippen LogP contribution in [0, 0.1) is 0 Å². The van der Waals surface area contributed by atoms with Gasteiger partial charge in [0.15, 0.2) is 0 Å². The van der Waals surface area contributed by atoms with Gasteiger partial charge in [0.2, 0.25) is 0 Å². The van der Waals surface area contributed by atoms with Crippen LogP contribution in [0.4, 0.5) is 17.6 Å². The lowest BCUT2D eigenvalue weighted by molar-refractivity contribution is -0.140. The van der Waals surface area contributed by atoms with Crippen molar-refractivity contribution in [1.82, 2.24) is 5.32 Å². The van der Waals surface area contributed by atoms with Crippen molar-refractivity contribution >= 4 is 23.5 Å². The van der Waals surface area contributed by atoms with Gasteiger partial charge in [-0.05, 0) is 11.6 Å². The molecule has 0 aromatic heterocycles. The van der Waals surface area contributed by atoms with E-state index in [2.05, 4.69) is 10.1 Å². The van der Waals surface area contributed by atoms with E-state index in [1.165, 1.54) is 6.07 Å². The summed E-state index contributed by atoms with van der Waals surface area (Å²) in [6.07, 6.45) is -4.99. The number of methoxy groups -OCH3 is 1. The fraction of sp³-hybridized carbons (Fsp3) is 0.368. The molecule has 1 aliphatic heterocycles. The average molecular weight is 467 g/mol. The number of carboxylic acids is 1. The summed E-state index contributed by atoms with van der Waals surface area (Å²) in [7, 11) is 0.939. The molecule has 12 heteroatoms. The van der Waals surface area contributed by atoms with Crippen molar-refractivity contribution in [3.8, 4) is 0 Å². The second-order valence-electron chi connectivity index (χ2n) is 6.32. The van der Waals surface area contributed by atoms with Crippen molar-refractivity contribution in [2.75, 3.05) is 33.5 Å². The van der Waals surface area contributed by atoms with Crippen LogP contribution in [-0.4, -0.2) is 50.6 Å². The van der Waals surface area contributed by atoms with Crippen molar-refractivity contribution in [2.45, 2.75) is 12.1 Å². The van der Waals surface area contributed by atoms with Gasteiger partial charge < -0.3 is 25.6 Å². The zero-order valence-corrected chi connectivity index (χ0v) is 16.9. The minimum absolute atomic E-state index is 0.00619. The molecule has 0 fully saturated rings. The molecule has 0 radical (unpaired) electrons. The summed E-state index contributed by atoms with van der Waals surface area (Å²) in [4.78, 5) is 24.6. The van der Waals surface area contributed by atoms with E-state index in [0.717, 1.165) is 19.2 Å². The highest BCUT2D eigenvalue weighted by Crippen LogP contribution is 2.46. The van der Waals surface area contributed by atoms with Crippen LogP contribution in [0.3, 0.4) is 0 Å². The number of carbonyl (C=O) groups is 2. The molecular formula is C19H19ClF4N2O5. The minimum atomic E-state index is -4.99. The predicted molar refractivity (Wildman–Crippen MR) is 102 cm³/mol. The van der Waals surface area contributed by atoms with Crippen molar-refractivity contribution in [3.63, 3.8) is 0 Å². The molecule has 1 unspecified atom stereocenters. The number of allylic oxidation sites excluding steroid dienone is 1. The van der Waals surface area contributed by atoms with Gasteiger partial charge in [-0.2, -0.15) is 13.2 Å². The number of halogens is 5. The largest absolute Gasteiger partial charge is 0.478 e. The molecule has 1 heterocycles. The van der Waals surface area contributed by atoms with Crippen molar-refractivity contribution in [1.29, 1.82) is 0 Å². The van der Waals surface area contributed by atoms with Crippen LogP contribution in [0.2, 0.25) is 5.02 Å². The quantitative estimate of drug-likeness (QED) is 0.307. The third kappa shape index (κ3) is 5.17. The minimum Gasteiger partial charge on any atom is -0.478 e. The first-order valence-corrected chi connectivity index (χ1v) is 9.20. The Labute approximate surface area is 179 Å². The highest BCUT2D eigenvalue weighted by Gasteiger charge is 2.45. The van der Waals surface area contributed by atoms with Gasteiger partial charge in [-0.15, -0.1) is 0 Å². The molecule has 7 nitrogen and oxygen atoms in total. The Morgan fingerprint density at radius 1 is 1.26 bits per heavy atom. The Balaban J connectivity index is 2.88. The van der Waals surface area contributed by atoms with E-state index in [-0.39, 0.29) is 18.8 Å². The molecule has 1 aliphatic rings. The molecule has 0 bridgehead atoms. The molecule has 170 valence electrons. The molecule has 0 spiro atoms. The topological polar surface area (TPSA) is 111 Å². The van der Waals surface area contributed by atoms with E-state index in [0.29, 0.717) is 0 Å². The van der Waals surface area contributed by atoms with Gasteiger partial charge in [0.05, 0.1) is 59.4 Å². The smallest absolute Gasteiger partial charge is 0.418 e. The van der Waals surface area contributed by atoms with Crippen LogP contribution in [-0.2, 0) is 25.2 Å². The van der Waals surface area contributed by atoms with E-state index >= 15 is 0 Å². The molecule has 0 amide bonds. The van der Waals surface area contributed by atoms with E-state index in [1.807, 2.05) is 0 Å². The zero-order chi connectivity index (χ0) is 23.3. The summed E-state index contributed by atoms with van der Waals surface area (Å²) in [5.74, 6) is -4.67. The summed E-state index contributed by atoms with van der Waals surface area (Å²) in [5, 5.41) is 11.6. The maximum atomic E-state index is 13.8. The average Bonchev–Trinajstić information content (AvgIpc) is 2.70. The number of esters is 1. The SMILES string of the molecule is COC(=O)C1=C(CF)NC(COCCN)=C(C(=O)O)C1c1cccc(Cl)c1C(F)(F)F. The number of alkyl halides is 4. The van der Waals surface area contributed by atoms with Crippen LogP contribution >= 0.6 is 11.6 Å². The van der Waals surface area contributed by atoms with Crippen LogP contribution < -0.4 is 11.1 Å². The molecule has 31 heavy (non-hydrogen) atoms. The monoisotopic (exact) mass is 466 g/mol. The Kier molecular flexibility index (Phi) is 8.04. The van der Waals surface area contributed by atoms with Gasteiger partial charge in [0.1, 0.15) is 6.67 Å². The summed E-state index contributed by atoms with van der Waals surface area (Å²) < 4.78 is 65.1. The Morgan fingerprint density at radius 2 is 1.94 bits per heavy atom. The van der Waals surface area contributed by atoms with Crippen molar-refractivity contribution in [2.24, 2.45) is 5.73 Å². The number of nitrogens with one attached hydrogen (secondary N) is 1. The second kappa shape index (κ2) is 10.1. The number of hydrogen-bond donors (Lipinski definition) is 3. The molecular weight excluding hydrogens is 448 g/mol. The van der Waals surface area contributed by atoms with Gasteiger partial charge in [-0.1, -0.05) is 23.7 Å². The van der Waals surface area contributed by atoms with E-state index in [1.54, 1.807) is 0 Å². The molecule has 1 atom stereocenters. The van der Waals surface area contributed by atoms with E-state index in [4.69, 9.17) is 22.1 Å². The number of nitrogens with two attached hydrogens (primary N) is 1. The van der Waals surface area contributed by atoms with Gasteiger partial charge in [-0.25, -0.2) is 14.0 Å². The lowest BCUT2D eigenvalue weighted by Crippen LogP contribution is -2.36. The predicted octanol–water partition coefficient (Wildman–Crippen LogP) is 2.76. The maximum Gasteiger partial charge on any atom is 0.418 e. The fourth-order valence-electron chi connectivity index (χ4n) is 3.28. The van der Waals surface area contributed by atoms with Crippen LogP contribution in [0.25, 0.3) is 0 Å². The maximum absolute atomic E-state index is 13.8. The third-order valence-electron chi connectivity index (χ3n) is 4.45. The molecule has 1 aromatic carbocycles. The summed E-state index contributed by atoms with van der Waals surface area (Å²) >= 11 is 5.79. The Hall–Kier alpha value is -2.63. The third-order valence-corrected chi connectivity index (χ3v) is 4.76. The number of carboxylic acid groups (broad SMARTS) is 1. The van der Waals surface area contributed by atoms with Crippen LogP contribution in [0.15, 0.2) is 40.7 Å². The lowest BCUT2D eigenvalue weighted by atomic mass is 9.78. The highest BCUT2D eigenvalue weighted by molar-refractivity contribution is 6.31. The number of aliphatic carboxylic acids is 1. The molecule has 2 rings (SSSR count). The molecule has 0 saturated heterocycles. The van der Waals surface area contributed by atoms with Gasteiger partial charge >= 0.3 is 18.1 Å². The van der Waals surface area contributed by atoms with Gasteiger partial charge in [-0.3, -0.25) is 0 Å². The fourth-order valence-corrected chi connectivity index (χ4v) is 3.57. The summed E-state index contributed by atoms with van der Waals surface area (Å²) in [5.41, 5.74) is 1.43. The first-order valence-electron chi connectivity index (χ1n) is 8.82. The van der Waals surface area contributed by atoms with Gasteiger partial charge in [0, 0.05) is 6.54 Å². The summed E-state index contributed by atoms with van der Waals surface area (Å²) in [6.45, 7) is -1.64. The van der Waals surface area contributed by atoms with Crippen LogP contribution in [0.1, 0.15) is 17.0 Å². The van der Waals surface area contributed by atoms with E-state index < -0.39 is 70.3 Å². The second-order valence-corrected chi connectivity index (χ2v) is 6.72. The number of carbonyl (C=O) groups excluding carboxylic acids is 1. The number of ether oxygens (including phenoxy) is 2. The first-order chi connectivity index (χ1) is 14.6. The molecule has 0 saturated carbocycles. The van der Waals surface area contributed by atoms with Crippen molar-refractivity contribution in [3.05, 3.63) is 56.9 Å². The van der Waals surface area contributed by atoms with E-state index in [9.17, 15) is 32.3 Å². The Bertz CT molecular complexity index is 930. The number of hydrogen-bond acceptors (Lipinski definition) is 6. The highest BCUT2D eigenvalue weighted by atomic mass is 35.5. The first kappa shape index (κ1) is 24.6. The molecule has 1 aromatic rings. The lowest BCUT2D eigenvalue weighted by Gasteiger charge is -2.32. The standard InChI is InChI=1S/C19H19ClF4N2O5/c1-30-18(29)15-11(7-21)26-12(8-31-6-5-25)14(17(27)28)13(15)9-3-2-4-10(20)16(9)19(22,23)24/h2-4,13,26H,5-8,25H2,1H3,(H,27,28). The number of rotatable bonds is 8.